The van der Waals surface area contributed by atoms with Gasteiger partial charge in [0.2, 0.25) is 5.91 Å². The SMILES string of the molecule is CCNc1c([N+](=O)[O-])cc(C(N)=O)cc1[N+](=O)[O-]. The van der Waals surface area contributed by atoms with Gasteiger partial charge in [0.15, 0.2) is 5.69 Å². The average molecular weight is 254 g/mol. The van der Waals surface area contributed by atoms with Crippen molar-refractivity contribution in [2.45, 2.75) is 6.92 Å². The van der Waals surface area contributed by atoms with Gasteiger partial charge in [-0.3, -0.25) is 25.0 Å². The number of nitrogens with zero attached hydrogens (tertiary/aromatic N) is 2. The maximum Gasteiger partial charge on any atom is 0.300 e. The first-order chi connectivity index (χ1) is 8.38. The number of nitrogens with two attached hydrogens (primary N) is 1. The van der Waals surface area contributed by atoms with Gasteiger partial charge in [0.05, 0.1) is 15.4 Å². The molecule has 0 unspecified atom stereocenters. The minimum atomic E-state index is -0.968. The molecule has 0 spiro atoms. The van der Waals surface area contributed by atoms with Crippen LogP contribution in [0, 0.1) is 20.2 Å². The van der Waals surface area contributed by atoms with Crippen LogP contribution in [0.2, 0.25) is 0 Å². The second-order valence-electron chi connectivity index (χ2n) is 3.30. The van der Waals surface area contributed by atoms with E-state index < -0.39 is 27.1 Å². The molecule has 0 radical (unpaired) electrons. The summed E-state index contributed by atoms with van der Waals surface area (Å²) >= 11 is 0. The molecule has 0 bridgehead atoms. The van der Waals surface area contributed by atoms with Gasteiger partial charge in [-0.2, -0.15) is 0 Å². The van der Waals surface area contributed by atoms with E-state index in [-0.39, 0.29) is 17.8 Å². The Morgan fingerprint density at radius 1 is 1.28 bits per heavy atom. The number of carbonyl (C=O) groups is 1. The third-order valence-corrected chi connectivity index (χ3v) is 2.13. The summed E-state index contributed by atoms with van der Waals surface area (Å²) in [5, 5.41) is 24.2. The van der Waals surface area contributed by atoms with Crippen LogP contribution in [-0.4, -0.2) is 22.3 Å². The van der Waals surface area contributed by atoms with Gasteiger partial charge in [-0.05, 0) is 6.92 Å². The number of hydrogen-bond acceptors (Lipinski definition) is 6. The van der Waals surface area contributed by atoms with Crippen LogP contribution in [0.15, 0.2) is 12.1 Å². The lowest BCUT2D eigenvalue weighted by Gasteiger charge is -2.06. The summed E-state index contributed by atoms with van der Waals surface area (Å²) < 4.78 is 0. The van der Waals surface area contributed by atoms with Crippen molar-refractivity contribution in [3.63, 3.8) is 0 Å². The Hall–Kier alpha value is -2.71. The predicted octanol–water partition coefficient (Wildman–Crippen LogP) is 1.03. The molecule has 18 heavy (non-hydrogen) atoms. The van der Waals surface area contributed by atoms with Crippen molar-refractivity contribution >= 4 is 23.0 Å². The first-order valence-electron chi connectivity index (χ1n) is 4.89. The first kappa shape index (κ1) is 13.4. The van der Waals surface area contributed by atoms with E-state index in [0.717, 1.165) is 12.1 Å². The maximum absolute atomic E-state index is 11.0. The van der Waals surface area contributed by atoms with Crippen LogP contribution in [0.25, 0.3) is 0 Å². The van der Waals surface area contributed by atoms with Crippen molar-refractivity contribution in [1.82, 2.24) is 0 Å². The average Bonchev–Trinajstić information content (AvgIpc) is 2.28. The standard InChI is InChI=1S/C9H10N4O5/c1-2-11-8-6(12(15)16)3-5(9(10)14)4-7(8)13(17)18/h3-4,11H,2H2,1H3,(H2,10,14). The van der Waals surface area contributed by atoms with Gasteiger partial charge in [-0.1, -0.05) is 0 Å². The van der Waals surface area contributed by atoms with E-state index in [1.54, 1.807) is 6.92 Å². The number of amides is 1. The minimum absolute atomic E-state index is 0.238. The van der Waals surface area contributed by atoms with Crippen LogP contribution < -0.4 is 11.1 Å². The summed E-state index contributed by atoms with van der Waals surface area (Å²) in [7, 11) is 0. The molecule has 0 aliphatic heterocycles. The third-order valence-electron chi connectivity index (χ3n) is 2.13. The zero-order valence-electron chi connectivity index (χ0n) is 9.37. The van der Waals surface area contributed by atoms with E-state index >= 15 is 0 Å². The van der Waals surface area contributed by atoms with Crippen molar-refractivity contribution in [2.24, 2.45) is 5.73 Å². The Bertz CT molecular complexity index is 493. The molecule has 0 aliphatic rings. The Morgan fingerprint density at radius 2 is 1.72 bits per heavy atom. The molecule has 0 saturated carbocycles. The number of benzene rings is 1. The highest BCUT2D eigenvalue weighted by atomic mass is 16.6. The van der Waals surface area contributed by atoms with Crippen molar-refractivity contribution in [3.05, 3.63) is 37.9 Å². The van der Waals surface area contributed by atoms with E-state index in [0.29, 0.717) is 0 Å². The Labute approximate surface area is 101 Å². The largest absolute Gasteiger partial charge is 0.374 e. The normalized spacial score (nSPS) is 9.83. The lowest BCUT2D eigenvalue weighted by molar-refractivity contribution is -0.392. The monoisotopic (exact) mass is 254 g/mol. The van der Waals surface area contributed by atoms with Crippen molar-refractivity contribution in [1.29, 1.82) is 0 Å². The fraction of sp³-hybridized carbons (Fsp3) is 0.222. The Balaban J connectivity index is 3.59. The maximum atomic E-state index is 11.0. The number of primary amides is 1. The number of nitro benzene ring substituents is 2. The Morgan fingerprint density at radius 3 is 2.00 bits per heavy atom. The summed E-state index contributed by atoms with van der Waals surface area (Å²) in [6, 6.07) is 1.82. The molecular formula is C9H10N4O5. The smallest absolute Gasteiger partial charge is 0.300 e. The molecule has 0 heterocycles. The van der Waals surface area contributed by atoms with Crippen molar-refractivity contribution in [2.75, 3.05) is 11.9 Å². The van der Waals surface area contributed by atoms with Crippen LogP contribution >= 0.6 is 0 Å². The van der Waals surface area contributed by atoms with Gasteiger partial charge in [-0.25, -0.2) is 0 Å². The van der Waals surface area contributed by atoms with Crippen LogP contribution in [0.3, 0.4) is 0 Å². The van der Waals surface area contributed by atoms with Gasteiger partial charge in [0.1, 0.15) is 0 Å². The summed E-state index contributed by atoms with van der Waals surface area (Å²) in [6.45, 7) is 1.90. The van der Waals surface area contributed by atoms with E-state index in [4.69, 9.17) is 5.73 Å². The number of rotatable bonds is 5. The summed E-state index contributed by atoms with van der Waals surface area (Å²) in [5.74, 6) is -0.968. The Kier molecular flexibility index (Phi) is 3.77. The fourth-order valence-electron chi connectivity index (χ4n) is 1.40. The molecule has 0 atom stereocenters. The second-order valence-corrected chi connectivity index (χ2v) is 3.30. The third kappa shape index (κ3) is 2.51. The second kappa shape index (κ2) is 5.08. The number of nitrogens with one attached hydrogen (secondary N) is 1. The number of carbonyl (C=O) groups excluding carboxylic acids is 1. The molecule has 96 valence electrons. The van der Waals surface area contributed by atoms with Crippen molar-refractivity contribution in [3.8, 4) is 0 Å². The number of nitro groups is 2. The zero-order chi connectivity index (χ0) is 13.9. The number of anilines is 1. The molecule has 0 fully saturated rings. The first-order valence-corrected chi connectivity index (χ1v) is 4.89. The molecule has 9 nitrogen and oxygen atoms in total. The van der Waals surface area contributed by atoms with Gasteiger partial charge in [-0.15, -0.1) is 0 Å². The summed E-state index contributed by atoms with van der Waals surface area (Å²) in [6.07, 6.45) is 0. The van der Waals surface area contributed by atoms with Crippen LogP contribution in [0.4, 0.5) is 17.1 Å². The molecule has 0 aliphatic carbocycles. The quantitative estimate of drug-likeness (QED) is 0.593. The van der Waals surface area contributed by atoms with E-state index in [1.807, 2.05) is 0 Å². The lowest BCUT2D eigenvalue weighted by Crippen LogP contribution is -2.13. The van der Waals surface area contributed by atoms with Gasteiger partial charge >= 0.3 is 0 Å². The van der Waals surface area contributed by atoms with E-state index in [9.17, 15) is 25.0 Å². The minimum Gasteiger partial charge on any atom is -0.374 e. The fourth-order valence-corrected chi connectivity index (χ4v) is 1.40. The summed E-state index contributed by atoms with van der Waals surface area (Å²) in [5.41, 5.74) is 3.34. The van der Waals surface area contributed by atoms with Crippen molar-refractivity contribution < 1.29 is 14.6 Å². The highest BCUT2D eigenvalue weighted by molar-refractivity contribution is 5.96. The highest BCUT2D eigenvalue weighted by Crippen LogP contribution is 2.35. The number of hydrogen-bond donors (Lipinski definition) is 2. The van der Waals surface area contributed by atoms with E-state index in [2.05, 4.69) is 5.32 Å². The van der Waals surface area contributed by atoms with E-state index in [1.165, 1.54) is 0 Å². The summed E-state index contributed by atoms with van der Waals surface area (Å²) in [4.78, 5) is 31.0. The highest BCUT2D eigenvalue weighted by Gasteiger charge is 2.27. The molecule has 9 heteroatoms. The lowest BCUT2D eigenvalue weighted by atomic mass is 10.1. The molecular weight excluding hydrogens is 244 g/mol. The molecule has 1 aromatic carbocycles. The molecule has 1 amide bonds. The molecule has 1 aromatic rings. The van der Waals surface area contributed by atoms with Crippen LogP contribution in [0.5, 0.6) is 0 Å². The predicted molar refractivity (Wildman–Crippen MR) is 62.4 cm³/mol. The van der Waals surface area contributed by atoms with Gasteiger partial charge in [0, 0.05) is 18.7 Å². The molecule has 1 rings (SSSR count). The van der Waals surface area contributed by atoms with Crippen LogP contribution in [0.1, 0.15) is 17.3 Å². The van der Waals surface area contributed by atoms with Crippen LogP contribution in [-0.2, 0) is 0 Å². The molecule has 3 N–H and O–H groups in total. The molecule has 0 saturated heterocycles. The topological polar surface area (TPSA) is 141 Å². The zero-order valence-corrected chi connectivity index (χ0v) is 9.37. The van der Waals surface area contributed by atoms with Gasteiger partial charge < -0.3 is 11.1 Å². The molecule has 0 aromatic heterocycles. The van der Waals surface area contributed by atoms with Gasteiger partial charge in [0.25, 0.3) is 11.4 Å².